The van der Waals surface area contributed by atoms with Crippen LogP contribution in [0.3, 0.4) is 0 Å². The van der Waals surface area contributed by atoms with Gasteiger partial charge in [-0.2, -0.15) is 0 Å². The average Bonchev–Trinajstić information content (AvgIpc) is 2.87. The number of rotatable bonds is 3. The third-order valence-electron chi connectivity index (χ3n) is 3.67. The van der Waals surface area contributed by atoms with Gasteiger partial charge in [-0.05, 0) is 44.7 Å². The number of nitrogens with one attached hydrogen (secondary N) is 1. The normalized spacial score (nSPS) is 12.8. The molecule has 0 saturated carbocycles. The van der Waals surface area contributed by atoms with Crippen molar-refractivity contribution < 1.29 is 4.42 Å². The number of fused-ring (bicyclic) bond motifs is 1. The summed E-state index contributed by atoms with van der Waals surface area (Å²) >= 11 is 6.19. The molecule has 2 heterocycles. The number of furan rings is 1. The van der Waals surface area contributed by atoms with Gasteiger partial charge >= 0.3 is 0 Å². The van der Waals surface area contributed by atoms with E-state index in [0.29, 0.717) is 5.02 Å². The highest BCUT2D eigenvalue weighted by atomic mass is 35.5. The lowest BCUT2D eigenvalue weighted by Crippen LogP contribution is -2.18. The number of hydrogen-bond donors (Lipinski definition) is 1. The summed E-state index contributed by atoms with van der Waals surface area (Å²) in [5.74, 6) is 0.842. The van der Waals surface area contributed by atoms with Crippen LogP contribution >= 0.6 is 11.6 Å². The third kappa shape index (κ3) is 2.55. The molecular weight excluding hydrogens is 284 g/mol. The van der Waals surface area contributed by atoms with E-state index >= 15 is 0 Å². The SMILES string of the molecule is CNC(c1cc2cccc(Cl)c2o1)c1ccc(C)nc1C. The van der Waals surface area contributed by atoms with Gasteiger partial charge in [0.1, 0.15) is 5.76 Å². The van der Waals surface area contributed by atoms with Gasteiger partial charge in [-0.15, -0.1) is 0 Å². The molecule has 21 heavy (non-hydrogen) atoms. The molecule has 2 aromatic heterocycles. The fraction of sp³-hybridized carbons (Fsp3) is 0.235. The minimum atomic E-state index is -0.0402. The summed E-state index contributed by atoms with van der Waals surface area (Å²) in [7, 11) is 1.92. The van der Waals surface area contributed by atoms with Crippen molar-refractivity contribution in [3.05, 3.63) is 64.1 Å². The third-order valence-corrected chi connectivity index (χ3v) is 3.96. The van der Waals surface area contributed by atoms with Crippen LogP contribution in [0.25, 0.3) is 11.0 Å². The van der Waals surface area contributed by atoms with Crippen LogP contribution in [0.4, 0.5) is 0 Å². The Labute approximate surface area is 128 Å². The summed E-state index contributed by atoms with van der Waals surface area (Å²) in [6.07, 6.45) is 0. The fourth-order valence-corrected chi connectivity index (χ4v) is 2.86. The molecule has 0 saturated heterocycles. The van der Waals surface area contributed by atoms with Gasteiger partial charge in [-0.1, -0.05) is 29.8 Å². The number of para-hydroxylation sites is 1. The highest BCUT2D eigenvalue weighted by Gasteiger charge is 2.20. The molecule has 3 aromatic rings. The smallest absolute Gasteiger partial charge is 0.152 e. The minimum Gasteiger partial charge on any atom is -0.457 e. The van der Waals surface area contributed by atoms with Gasteiger partial charge in [0.25, 0.3) is 0 Å². The van der Waals surface area contributed by atoms with E-state index in [1.807, 2.05) is 51.2 Å². The van der Waals surface area contributed by atoms with E-state index in [4.69, 9.17) is 16.0 Å². The number of nitrogens with zero attached hydrogens (tertiary/aromatic N) is 1. The van der Waals surface area contributed by atoms with Gasteiger partial charge in [0, 0.05) is 16.8 Å². The molecule has 0 fully saturated rings. The van der Waals surface area contributed by atoms with E-state index < -0.39 is 0 Å². The van der Waals surface area contributed by atoms with E-state index in [1.165, 1.54) is 0 Å². The van der Waals surface area contributed by atoms with Crippen LogP contribution < -0.4 is 5.32 Å². The van der Waals surface area contributed by atoms with Gasteiger partial charge in [-0.25, -0.2) is 0 Å². The van der Waals surface area contributed by atoms with Crippen LogP contribution in [-0.4, -0.2) is 12.0 Å². The molecule has 0 aliphatic rings. The van der Waals surface area contributed by atoms with Crippen molar-refractivity contribution in [1.29, 1.82) is 0 Å². The monoisotopic (exact) mass is 300 g/mol. The van der Waals surface area contributed by atoms with Crippen LogP contribution in [0.5, 0.6) is 0 Å². The summed E-state index contributed by atoms with van der Waals surface area (Å²) in [6.45, 7) is 4.01. The van der Waals surface area contributed by atoms with Crippen molar-refractivity contribution >= 4 is 22.6 Å². The van der Waals surface area contributed by atoms with Crippen molar-refractivity contribution in [2.75, 3.05) is 7.05 Å². The number of aryl methyl sites for hydroxylation is 2. The first kappa shape index (κ1) is 14.1. The van der Waals surface area contributed by atoms with Crippen LogP contribution in [0.2, 0.25) is 5.02 Å². The molecule has 0 spiro atoms. The minimum absolute atomic E-state index is 0.0402. The maximum atomic E-state index is 6.19. The first-order valence-corrected chi connectivity index (χ1v) is 7.27. The molecule has 108 valence electrons. The second kappa shape index (κ2) is 5.51. The molecule has 0 aliphatic heterocycles. The lowest BCUT2D eigenvalue weighted by molar-refractivity contribution is 0.489. The molecule has 0 radical (unpaired) electrons. The maximum Gasteiger partial charge on any atom is 0.152 e. The van der Waals surface area contributed by atoms with Crippen LogP contribution in [0, 0.1) is 13.8 Å². The Morgan fingerprint density at radius 3 is 2.67 bits per heavy atom. The van der Waals surface area contributed by atoms with E-state index in [-0.39, 0.29) is 6.04 Å². The number of benzene rings is 1. The highest BCUT2D eigenvalue weighted by Crippen LogP contribution is 2.32. The number of halogens is 1. The highest BCUT2D eigenvalue weighted by molar-refractivity contribution is 6.34. The second-order valence-corrected chi connectivity index (χ2v) is 5.56. The second-order valence-electron chi connectivity index (χ2n) is 5.16. The molecule has 0 aliphatic carbocycles. The van der Waals surface area contributed by atoms with E-state index in [2.05, 4.69) is 16.4 Å². The van der Waals surface area contributed by atoms with Crippen LogP contribution in [-0.2, 0) is 0 Å². The Hall–Kier alpha value is -1.84. The lowest BCUT2D eigenvalue weighted by Gasteiger charge is -2.16. The molecule has 3 rings (SSSR count). The summed E-state index contributed by atoms with van der Waals surface area (Å²) in [5.41, 5.74) is 3.85. The molecular formula is C17H17ClN2O. The van der Waals surface area contributed by atoms with E-state index in [1.54, 1.807) is 0 Å². The zero-order valence-electron chi connectivity index (χ0n) is 12.3. The summed E-state index contributed by atoms with van der Waals surface area (Å²) in [5, 5.41) is 4.94. The van der Waals surface area contributed by atoms with Gasteiger partial charge < -0.3 is 9.73 Å². The average molecular weight is 301 g/mol. The summed E-state index contributed by atoms with van der Waals surface area (Å²) in [6, 6.07) is 11.9. The predicted octanol–water partition coefficient (Wildman–Crippen LogP) is 4.41. The van der Waals surface area contributed by atoms with Crippen LogP contribution in [0.15, 0.2) is 40.8 Å². The zero-order chi connectivity index (χ0) is 15.0. The molecule has 1 aromatic carbocycles. The number of hydrogen-bond acceptors (Lipinski definition) is 3. The van der Waals surface area contributed by atoms with Gasteiger partial charge in [0.15, 0.2) is 5.58 Å². The summed E-state index contributed by atoms with van der Waals surface area (Å²) in [4.78, 5) is 4.53. The van der Waals surface area contributed by atoms with Gasteiger partial charge in [-0.3, -0.25) is 4.98 Å². The lowest BCUT2D eigenvalue weighted by atomic mass is 10.0. The quantitative estimate of drug-likeness (QED) is 0.779. The van der Waals surface area contributed by atoms with E-state index in [9.17, 15) is 0 Å². The first-order valence-electron chi connectivity index (χ1n) is 6.89. The summed E-state index contributed by atoms with van der Waals surface area (Å²) < 4.78 is 5.97. The predicted molar refractivity (Wildman–Crippen MR) is 85.8 cm³/mol. The zero-order valence-corrected chi connectivity index (χ0v) is 13.0. The van der Waals surface area contributed by atoms with E-state index in [0.717, 1.165) is 33.7 Å². The largest absolute Gasteiger partial charge is 0.457 e. The standard InChI is InChI=1S/C17H17ClN2O/c1-10-7-8-13(11(2)20-10)16(19-3)15-9-12-5-4-6-14(18)17(12)21-15/h4-9,16,19H,1-3H3. The molecule has 1 unspecified atom stereocenters. The number of pyridine rings is 1. The topological polar surface area (TPSA) is 38.1 Å². The van der Waals surface area contributed by atoms with Gasteiger partial charge in [0.2, 0.25) is 0 Å². The molecule has 0 bridgehead atoms. The van der Waals surface area contributed by atoms with Crippen molar-refractivity contribution in [2.24, 2.45) is 0 Å². The Balaban J connectivity index is 2.11. The van der Waals surface area contributed by atoms with Crippen molar-refractivity contribution in [2.45, 2.75) is 19.9 Å². The number of aromatic nitrogens is 1. The Morgan fingerprint density at radius 1 is 1.19 bits per heavy atom. The fourth-order valence-electron chi connectivity index (χ4n) is 2.64. The maximum absolute atomic E-state index is 6.19. The van der Waals surface area contributed by atoms with Gasteiger partial charge in [0.05, 0.1) is 11.1 Å². The van der Waals surface area contributed by atoms with Crippen molar-refractivity contribution in [3.63, 3.8) is 0 Å². The van der Waals surface area contributed by atoms with Crippen LogP contribution in [0.1, 0.15) is 28.8 Å². The van der Waals surface area contributed by atoms with Crippen molar-refractivity contribution in [1.82, 2.24) is 10.3 Å². The van der Waals surface area contributed by atoms with Crippen molar-refractivity contribution in [3.8, 4) is 0 Å². The molecule has 0 amide bonds. The molecule has 1 atom stereocenters. The molecule has 4 heteroatoms. The molecule has 3 nitrogen and oxygen atoms in total. The Kier molecular flexibility index (Phi) is 3.70. The first-order chi connectivity index (χ1) is 10.1. The Bertz CT molecular complexity index is 795. The molecule has 1 N–H and O–H groups in total. The Morgan fingerprint density at radius 2 is 2.00 bits per heavy atom.